The molecule has 80 heavy (non-hydrogen) atoms. The summed E-state index contributed by atoms with van der Waals surface area (Å²) < 4.78 is 5.21. The molecule has 0 spiro atoms. The first kappa shape index (κ1) is 44.6. The van der Waals surface area contributed by atoms with Crippen LogP contribution < -0.4 is 0 Å². The third-order valence-electron chi connectivity index (χ3n) is 17.2. The summed E-state index contributed by atoms with van der Waals surface area (Å²) in [6.07, 6.45) is 0. The molecule has 2 nitrogen and oxygen atoms in total. The Balaban J connectivity index is 1.06. The van der Waals surface area contributed by atoms with Gasteiger partial charge in [-0.25, -0.2) is 0 Å². The van der Waals surface area contributed by atoms with Crippen molar-refractivity contribution in [3.63, 3.8) is 0 Å². The van der Waals surface area contributed by atoms with Gasteiger partial charge in [-0.15, -0.1) is 0 Å². The Morgan fingerprint density at radius 1 is 0.175 bits per heavy atom. The van der Waals surface area contributed by atoms with Crippen molar-refractivity contribution in [3.05, 3.63) is 291 Å². The van der Waals surface area contributed by atoms with Crippen LogP contribution in [0.3, 0.4) is 0 Å². The zero-order valence-corrected chi connectivity index (χ0v) is 43.6. The number of aromatic nitrogens is 2. The molecule has 0 radical (unpaired) electrons. The van der Waals surface area contributed by atoms with E-state index in [1.54, 1.807) is 0 Å². The molecule has 13 aromatic carbocycles. The number of rotatable bonds is 8. The van der Waals surface area contributed by atoms with Crippen LogP contribution >= 0.6 is 0 Å². The molecular weight excluding hydrogens is 965 g/mol. The second kappa shape index (κ2) is 17.5. The molecule has 0 aliphatic heterocycles. The predicted octanol–water partition coefficient (Wildman–Crippen LogP) is 21.3. The lowest BCUT2D eigenvalue weighted by Crippen LogP contribution is -1.91. The first-order valence-corrected chi connectivity index (χ1v) is 27.7. The van der Waals surface area contributed by atoms with Crippen molar-refractivity contribution in [3.8, 4) is 89.0 Å². The molecule has 0 saturated carbocycles. The van der Waals surface area contributed by atoms with Crippen molar-refractivity contribution in [2.24, 2.45) is 0 Å². The number of hydrogen-bond acceptors (Lipinski definition) is 0. The van der Waals surface area contributed by atoms with Gasteiger partial charge in [0.2, 0.25) is 0 Å². The van der Waals surface area contributed by atoms with E-state index in [-0.39, 0.29) is 0 Å². The van der Waals surface area contributed by atoms with E-state index in [1.165, 1.54) is 165 Å². The first-order chi connectivity index (χ1) is 39.7. The molecule has 2 heteroatoms. The normalized spacial score (nSPS) is 12.0. The molecule has 0 unspecified atom stereocenters. The molecule has 0 fully saturated rings. The van der Waals surface area contributed by atoms with Gasteiger partial charge in [0.25, 0.3) is 0 Å². The van der Waals surface area contributed by atoms with Crippen LogP contribution in [-0.4, -0.2) is 8.80 Å². The van der Waals surface area contributed by atoms with Crippen LogP contribution in [0.5, 0.6) is 0 Å². The molecule has 17 aromatic rings. The highest BCUT2D eigenvalue weighted by Gasteiger charge is 2.30. The fourth-order valence-electron chi connectivity index (χ4n) is 13.8. The van der Waals surface area contributed by atoms with Crippen molar-refractivity contribution in [2.45, 2.75) is 0 Å². The summed E-state index contributed by atoms with van der Waals surface area (Å²) in [5.74, 6) is 0. The van der Waals surface area contributed by atoms with Crippen LogP contribution in [0.2, 0.25) is 0 Å². The fraction of sp³-hybridized carbons (Fsp3) is 0. The van der Waals surface area contributed by atoms with Gasteiger partial charge in [-0.2, -0.15) is 0 Å². The Bertz CT molecular complexity index is 4780. The molecule has 0 aliphatic rings. The van der Waals surface area contributed by atoms with Gasteiger partial charge in [0.15, 0.2) is 0 Å². The Morgan fingerprint density at radius 2 is 0.412 bits per heavy atom. The topological polar surface area (TPSA) is 8.82 Å². The van der Waals surface area contributed by atoms with Crippen LogP contribution in [-0.2, 0) is 0 Å². The van der Waals surface area contributed by atoms with E-state index >= 15 is 0 Å². The van der Waals surface area contributed by atoms with Crippen molar-refractivity contribution in [2.75, 3.05) is 0 Å². The zero-order valence-electron chi connectivity index (χ0n) is 43.6. The molecule has 0 amide bonds. The summed E-state index contributed by atoms with van der Waals surface area (Å²) in [7, 11) is 0. The maximum absolute atomic E-state index is 2.61. The number of benzene rings is 13. The first-order valence-electron chi connectivity index (χ1n) is 27.7. The van der Waals surface area contributed by atoms with Gasteiger partial charge in [0.05, 0.1) is 33.1 Å². The van der Waals surface area contributed by atoms with E-state index < -0.39 is 0 Å². The highest BCUT2D eigenvalue weighted by Crippen LogP contribution is 2.54. The van der Waals surface area contributed by atoms with E-state index in [4.69, 9.17) is 0 Å². The number of fused-ring (bicyclic) bond motifs is 14. The minimum atomic E-state index is 1.19. The second-order valence-electron chi connectivity index (χ2n) is 21.4. The maximum atomic E-state index is 2.61. The lowest BCUT2D eigenvalue weighted by Gasteiger charge is -2.17. The summed E-state index contributed by atoms with van der Waals surface area (Å²) >= 11 is 0. The van der Waals surface area contributed by atoms with Gasteiger partial charge in [-0.1, -0.05) is 243 Å². The molecule has 17 rings (SSSR count). The molecular formula is C78H48N2. The quantitative estimate of drug-likeness (QED) is 0.143. The highest BCUT2D eigenvalue weighted by molar-refractivity contribution is 6.45. The third kappa shape index (κ3) is 6.54. The van der Waals surface area contributed by atoms with E-state index in [0.717, 1.165) is 0 Å². The minimum absolute atomic E-state index is 1.19. The van der Waals surface area contributed by atoms with Crippen LogP contribution in [0.1, 0.15) is 0 Å². The molecule has 0 bridgehead atoms. The van der Waals surface area contributed by atoms with E-state index in [9.17, 15) is 0 Å². The predicted molar refractivity (Wildman–Crippen MR) is 339 cm³/mol. The standard InChI is InChI=1S/C78H48N2/c1-7-21-49(22-8-1)55-37-41-67-63(45-55)73-75-65-47-57(71-59(51-25-11-3-12-26-51)33-19-34-60(71)52-27-13-4-14-28-52)40-44-70(65)80-68-42-38-56(50-23-9-2-10-24-50)46-64(68)74(78(75)80)76-66-48-58(39-43-69(66)79(67)77(73)76)72-61(53-29-15-5-16-30-53)35-20-36-62(72)54-31-17-6-18-32-54/h1-48H. The zero-order chi connectivity index (χ0) is 52.4. The van der Waals surface area contributed by atoms with Crippen molar-refractivity contribution in [1.29, 1.82) is 0 Å². The average Bonchev–Trinajstić information content (AvgIpc) is 2.44. The van der Waals surface area contributed by atoms with Crippen LogP contribution in [0, 0.1) is 0 Å². The lowest BCUT2D eigenvalue weighted by atomic mass is 9.86. The van der Waals surface area contributed by atoms with Crippen LogP contribution in [0.4, 0.5) is 0 Å². The van der Waals surface area contributed by atoms with Gasteiger partial charge in [-0.3, -0.25) is 0 Å². The third-order valence-corrected chi connectivity index (χ3v) is 17.2. The van der Waals surface area contributed by atoms with Gasteiger partial charge >= 0.3 is 0 Å². The van der Waals surface area contributed by atoms with Crippen LogP contribution in [0.25, 0.3) is 165 Å². The molecule has 0 aliphatic carbocycles. The summed E-state index contributed by atoms with van der Waals surface area (Å²) in [6, 6.07) is 108. The molecule has 0 N–H and O–H groups in total. The van der Waals surface area contributed by atoms with Crippen LogP contribution in [0.15, 0.2) is 291 Å². The summed E-state index contributed by atoms with van der Waals surface area (Å²) in [6.45, 7) is 0. The van der Waals surface area contributed by atoms with Gasteiger partial charge in [0.1, 0.15) is 0 Å². The second-order valence-corrected chi connectivity index (χ2v) is 21.4. The monoisotopic (exact) mass is 1010 g/mol. The smallest absolute Gasteiger partial charge is 0.0634 e. The number of nitrogens with zero attached hydrogens (tertiary/aromatic N) is 2. The largest absolute Gasteiger partial charge is 0.308 e. The van der Waals surface area contributed by atoms with E-state index in [1.807, 2.05) is 0 Å². The van der Waals surface area contributed by atoms with Gasteiger partial charge < -0.3 is 8.80 Å². The van der Waals surface area contributed by atoms with Gasteiger partial charge in [-0.05, 0) is 138 Å². The molecule has 370 valence electrons. The van der Waals surface area contributed by atoms with Gasteiger partial charge in [0, 0.05) is 43.1 Å². The molecule has 0 saturated heterocycles. The number of hydrogen-bond donors (Lipinski definition) is 0. The Kier molecular flexibility index (Phi) is 9.75. The minimum Gasteiger partial charge on any atom is -0.308 e. The Labute approximate surface area is 462 Å². The van der Waals surface area contributed by atoms with E-state index in [0.29, 0.717) is 0 Å². The van der Waals surface area contributed by atoms with Crippen molar-refractivity contribution in [1.82, 2.24) is 8.80 Å². The highest BCUT2D eigenvalue weighted by atomic mass is 14.9. The Morgan fingerprint density at radius 3 is 0.688 bits per heavy atom. The summed E-state index contributed by atoms with van der Waals surface area (Å²) in [5, 5.41) is 10.1. The summed E-state index contributed by atoms with van der Waals surface area (Å²) in [4.78, 5) is 0. The summed E-state index contributed by atoms with van der Waals surface area (Å²) in [5.41, 5.74) is 26.7. The van der Waals surface area contributed by atoms with Crippen molar-refractivity contribution < 1.29 is 0 Å². The SMILES string of the molecule is c1ccc(-c2ccc3c(c2)c2c4c5cc(-c6c(-c7ccccc7)cccc6-c6ccccc6)ccc5n5c6ccc(-c7ccccc7)cc6c(c6c7cc(-c8c(-c9ccccc9)cccc8-c8ccccc8)ccc7n3c26)c45)cc1. The molecule has 0 atom stereocenters. The average molecular weight is 1010 g/mol. The van der Waals surface area contributed by atoms with E-state index in [2.05, 4.69) is 300 Å². The Hall–Kier alpha value is -10.5. The van der Waals surface area contributed by atoms with Crippen molar-refractivity contribution >= 4 is 76.2 Å². The fourth-order valence-corrected chi connectivity index (χ4v) is 13.8. The molecule has 4 heterocycles. The lowest BCUT2D eigenvalue weighted by molar-refractivity contribution is 1.37. The molecule has 4 aromatic heterocycles. The maximum Gasteiger partial charge on any atom is 0.0634 e.